The molecule has 3 nitrogen and oxygen atoms in total. The summed E-state index contributed by atoms with van der Waals surface area (Å²) < 4.78 is 0. The molecule has 0 saturated heterocycles. The largest absolute Gasteiger partial charge is 0.376 e. The maximum atomic E-state index is 8.66. The molecule has 0 heterocycles. The number of nitrogens with zero attached hydrogens (tertiary/aromatic N) is 1. The molecule has 0 atom stereocenters. The molecule has 1 rings (SSSR count). The Balaban J connectivity index is 2.99. The molecule has 1 aromatic rings. The highest BCUT2D eigenvalue weighted by Gasteiger charge is 1.98. The Morgan fingerprint density at radius 2 is 2.17 bits per heavy atom. The minimum atomic E-state index is 0.165. The number of hydrogen-bond donors (Lipinski definition) is 2. The molecule has 0 unspecified atom stereocenters. The number of nitriles is 1. The minimum Gasteiger partial charge on any atom is -0.376 e. The first-order valence-electron chi connectivity index (χ1n) is 3.29. The van der Waals surface area contributed by atoms with Gasteiger partial charge in [-0.15, -0.1) is 0 Å². The van der Waals surface area contributed by atoms with Crippen molar-refractivity contribution < 1.29 is 0 Å². The van der Waals surface area contributed by atoms with Gasteiger partial charge in [-0.2, -0.15) is 5.26 Å². The molecule has 12 heavy (non-hydrogen) atoms. The van der Waals surface area contributed by atoms with Crippen LogP contribution in [0.2, 0.25) is 0 Å². The van der Waals surface area contributed by atoms with E-state index in [-0.39, 0.29) is 5.11 Å². The summed E-state index contributed by atoms with van der Waals surface area (Å²) in [6.45, 7) is 0. The Labute approximate surface area is 75.8 Å². The van der Waals surface area contributed by atoms with Crippen LogP contribution in [0.3, 0.4) is 0 Å². The number of para-hydroxylation sites is 1. The van der Waals surface area contributed by atoms with E-state index in [2.05, 4.69) is 17.5 Å². The quantitative estimate of drug-likeness (QED) is 0.633. The zero-order valence-corrected chi connectivity index (χ0v) is 7.06. The molecule has 0 aliphatic rings. The molecule has 4 heteroatoms. The Kier molecular flexibility index (Phi) is 2.62. The van der Waals surface area contributed by atoms with Crippen molar-refractivity contribution in [3.8, 4) is 6.07 Å². The molecule has 0 aliphatic heterocycles. The lowest BCUT2D eigenvalue weighted by atomic mass is 10.2. The predicted molar refractivity (Wildman–Crippen MR) is 51.6 cm³/mol. The summed E-state index contributed by atoms with van der Waals surface area (Å²) in [4.78, 5) is 0. The lowest BCUT2D eigenvalue weighted by Gasteiger charge is -2.03. The Morgan fingerprint density at radius 3 is 2.75 bits per heavy atom. The van der Waals surface area contributed by atoms with Crippen LogP contribution in [-0.2, 0) is 0 Å². The summed E-state index contributed by atoms with van der Waals surface area (Å²) in [6.07, 6.45) is 0. The van der Waals surface area contributed by atoms with Gasteiger partial charge in [-0.25, -0.2) is 0 Å². The Hall–Kier alpha value is -1.60. The summed E-state index contributed by atoms with van der Waals surface area (Å²) in [7, 11) is 0. The van der Waals surface area contributed by atoms with Crippen LogP contribution in [0.15, 0.2) is 24.3 Å². The third kappa shape index (κ3) is 1.94. The van der Waals surface area contributed by atoms with Crippen LogP contribution in [0, 0.1) is 11.3 Å². The van der Waals surface area contributed by atoms with E-state index >= 15 is 0 Å². The maximum Gasteiger partial charge on any atom is 0.168 e. The highest BCUT2D eigenvalue weighted by molar-refractivity contribution is 7.80. The second-order valence-corrected chi connectivity index (χ2v) is 2.59. The van der Waals surface area contributed by atoms with Gasteiger partial charge in [0, 0.05) is 0 Å². The summed E-state index contributed by atoms with van der Waals surface area (Å²) in [5.74, 6) is 0. The van der Waals surface area contributed by atoms with Crippen molar-refractivity contribution in [1.82, 2.24) is 0 Å². The van der Waals surface area contributed by atoms with Crippen molar-refractivity contribution >= 4 is 23.0 Å². The molecular formula is C8H7N3S. The second-order valence-electron chi connectivity index (χ2n) is 2.15. The van der Waals surface area contributed by atoms with Crippen molar-refractivity contribution in [2.45, 2.75) is 0 Å². The topological polar surface area (TPSA) is 61.8 Å². The summed E-state index contributed by atoms with van der Waals surface area (Å²) in [6, 6.07) is 9.05. The third-order valence-corrected chi connectivity index (χ3v) is 1.41. The van der Waals surface area contributed by atoms with Gasteiger partial charge in [-0.3, -0.25) is 0 Å². The van der Waals surface area contributed by atoms with Crippen molar-refractivity contribution in [2.24, 2.45) is 5.73 Å². The first-order chi connectivity index (χ1) is 5.74. The number of hydrogen-bond acceptors (Lipinski definition) is 2. The number of nitrogens with two attached hydrogens (primary N) is 1. The molecule has 0 saturated carbocycles. The van der Waals surface area contributed by atoms with Crippen molar-refractivity contribution in [1.29, 1.82) is 5.26 Å². The lowest BCUT2D eigenvalue weighted by molar-refractivity contribution is 1.47. The van der Waals surface area contributed by atoms with Gasteiger partial charge in [0.05, 0.1) is 11.3 Å². The van der Waals surface area contributed by atoms with Gasteiger partial charge in [0.1, 0.15) is 6.07 Å². The van der Waals surface area contributed by atoms with Crippen molar-refractivity contribution in [2.75, 3.05) is 5.32 Å². The van der Waals surface area contributed by atoms with Gasteiger partial charge in [0.15, 0.2) is 5.11 Å². The molecule has 0 fully saturated rings. The second kappa shape index (κ2) is 3.69. The zero-order valence-electron chi connectivity index (χ0n) is 6.24. The molecule has 3 N–H and O–H groups in total. The average molecular weight is 177 g/mol. The minimum absolute atomic E-state index is 0.165. The molecule has 60 valence electrons. The predicted octanol–water partition coefficient (Wildman–Crippen LogP) is 1.21. The highest BCUT2D eigenvalue weighted by atomic mass is 32.1. The van der Waals surface area contributed by atoms with E-state index in [1.165, 1.54) is 0 Å². The molecule has 0 bridgehead atoms. The van der Waals surface area contributed by atoms with Gasteiger partial charge in [0.2, 0.25) is 0 Å². The highest BCUT2D eigenvalue weighted by Crippen LogP contribution is 2.12. The van der Waals surface area contributed by atoms with Crippen LogP contribution in [0.4, 0.5) is 5.69 Å². The monoisotopic (exact) mass is 177 g/mol. The van der Waals surface area contributed by atoms with Crippen LogP contribution in [0.25, 0.3) is 0 Å². The Bertz CT molecular complexity index is 340. The Morgan fingerprint density at radius 1 is 1.50 bits per heavy atom. The van der Waals surface area contributed by atoms with Gasteiger partial charge in [0.25, 0.3) is 0 Å². The smallest absolute Gasteiger partial charge is 0.168 e. The molecule has 1 aromatic carbocycles. The van der Waals surface area contributed by atoms with E-state index in [9.17, 15) is 0 Å². The van der Waals surface area contributed by atoms with E-state index in [1.807, 2.05) is 6.07 Å². The van der Waals surface area contributed by atoms with Crippen molar-refractivity contribution in [3.63, 3.8) is 0 Å². The molecule has 0 amide bonds. The standard InChI is InChI=1S/C8H7N3S/c9-5-6-3-1-2-4-7(6)11-8(10)12/h1-4H,(H3,10,11,12). The van der Waals surface area contributed by atoms with E-state index < -0.39 is 0 Å². The fourth-order valence-corrected chi connectivity index (χ4v) is 0.932. The lowest BCUT2D eigenvalue weighted by Crippen LogP contribution is -2.19. The van der Waals surface area contributed by atoms with Gasteiger partial charge in [-0.05, 0) is 24.4 Å². The van der Waals surface area contributed by atoms with E-state index in [1.54, 1.807) is 24.3 Å². The summed E-state index contributed by atoms with van der Waals surface area (Å²) in [5.41, 5.74) is 6.44. The van der Waals surface area contributed by atoms with Crippen LogP contribution in [0.5, 0.6) is 0 Å². The van der Waals surface area contributed by atoms with E-state index in [4.69, 9.17) is 11.0 Å². The first kappa shape index (κ1) is 8.50. The normalized spacial score (nSPS) is 8.58. The van der Waals surface area contributed by atoms with Crippen molar-refractivity contribution in [3.05, 3.63) is 29.8 Å². The number of anilines is 1. The molecule has 0 aliphatic carbocycles. The van der Waals surface area contributed by atoms with Crippen LogP contribution in [0.1, 0.15) is 5.56 Å². The van der Waals surface area contributed by atoms with Gasteiger partial charge in [-0.1, -0.05) is 12.1 Å². The first-order valence-corrected chi connectivity index (χ1v) is 3.70. The fourth-order valence-electron chi connectivity index (χ4n) is 0.822. The zero-order chi connectivity index (χ0) is 8.97. The number of nitrogens with one attached hydrogen (secondary N) is 1. The van der Waals surface area contributed by atoms with E-state index in [0.29, 0.717) is 11.3 Å². The van der Waals surface area contributed by atoms with E-state index in [0.717, 1.165) is 0 Å². The fraction of sp³-hybridized carbons (Fsp3) is 0. The van der Waals surface area contributed by atoms with Crippen LogP contribution >= 0.6 is 12.2 Å². The molecule has 0 aromatic heterocycles. The van der Waals surface area contributed by atoms with Crippen LogP contribution in [-0.4, -0.2) is 5.11 Å². The summed E-state index contributed by atoms with van der Waals surface area (Å²) >= 11 is 4.64. The number of thiocarbonyl (C=S) groups is 1. The molecule has 0 radical (unpaired) electrons. The van der Waals surface area contributed by atoms with Gasteiger partial charge >= 0.3 is 0 Å². The third-order valence-electron chi connectivity index (χ3n) is 1.31. The summed E-state index contributed by atoms with van der Waals surface area (Å²) in [5, 5.41) is 11.5. The SMILES string of the molecule is N#Cc1ccccc1NC(N)=S. The maximum absolute atomic E-state index is 8.66. The number of rotatable bonds is 1. The van der Waals surface area contributed by atoms with Crippen LogP contribution < -0.4 is 11.1 Å². The number of benzene rings is 1. The van der Waals surface area contributed by atoms with Gasteiger partial charge < -0.3 is 11.1 Å². The molecule has 0 spiro atoms. The average Bonchev–Trinajstić information content (AvgIpc) is 2.04. The molecular weight excluding hydrogens is 170 g/mol.